The van der Waals surface area contributed by atoms with Crippen molar-refractivity contribution < 1.29 is 23.1 Å². The number of halogens is 3. The number of hydrogen-bond donors (Lipinski definition) is 2. The molecule has 0 radical (unpaired) electrons. The molecule has 0 spiro atoms. The van der Waals surface area contributed by atoms with E-state index in [4.69, 9.17) is 15.6 Å². The third-order valence-corrected chi connectivity index (χ3v) is 4.05. The van der Waals surface area contributed by atoms with Crippen LogP contribution in [0.1, 0.15) is 5.69 Å². The van der Waals surface area contributed by atoms with Gasteiger partial charge in [-0.25, -0.2) is 14.8 Å². The summed E-state index contributed by atoms with van der Waals surface area (Å²) in [6.07, 6.45) is 0.277. The van der Waals surface area contributed by atoms with Gasteiger partial charge in [0.05, 0.1) is 11.3 Å². The topological polar surface area (TPSA) is 106 Å². The van der Waals surface area contributed by atoms with E-state index in [9.17, 15) is 13.2 Å². The monoisotopic (exact) mass is 415 g/mol. The first kappa shape index (κ1) is 20.8. The molecular formula is C20H16F3N5O2. The minimum atomic E-state index is -5.08. The van der Waals surface area contributed by atoms with E-state index in [-0.39, 0.29) is 0 Å². The maximum atomic E-state index is 10.6. The number of carbonyl (C=O) groups is 1. The van der Waals surface area contributed by atoms with E-state index in [1.165, 1.54) is 0 Å². The summed E-state index contributed by atoms with van der Waals surface area (Å²) in [7, 11) is 0. The maximum Gasteiger partial charge on any atom is 0.490 e. The highest BCUT2D eigenvalue weighted by molar-refractivity contribution is 5.90. The van der Waals surface area contributed by atoms with Crippen molar-refractivity contribution in [1.29, 1.82) is 0 Å². The van der Waals surface area contributed by atoms with Crippen LogP contribution in [0.3, 0.4) is 0 Å². The lowest BCUT2D eigenvalue weighted by molar-refractivity contribution is -0.192. The molecule has 4 aromatic rings. The van der Waals surface area contributed by atoms with Gasteiger partial charge in [0, 0.05) is 29.8 Å². The third-order valence-electron chi connectivity index (χ3n) is 4.05. The van der Waals surface area contributed by atoms with Crippen molar-refractivity contribution in [3.8, 4) is 22.4 Å². The second-order valence-electron chi connectivity index (χ2n) is 6.17. The molecule has 30 heavy (non-hydrogen) atoms. The number of nitrogens with zero attached hydrogens (tertiary/aromatic N) is 4. The number of anilines is 1. The van der Waals surface area contributed by atoms with Gasteiger partial charge in [0.1, 0.15) is 5.65 Å². The Morgan fingerprint density at radius 2 is 1.73 bits per heavy atom. The lowest BCUT2D eigenvalue weighted by Gasteiger charge is -2.13. The molecule has 154 valence electrons. The second kappa shape index (κ2) is 8.19. The molecule has 0 saturated carbocycles. The molecule has 1 aromatic carbocycles. The fourth-order valence-corrected chi connectivity index (χ4v) is 2.78. The number of fused-ring (bicyclic) bond motifs is 1. The summed E-state index contributed by atoms with van der Waals surface area (Å²) >= 11 is 0. The average molecular weight is 415 g/mol. The standard InChI is InChI=1S/C18H15N5.C2HF3O2/c1-12-11-14(7-8-20-12)15-16(13-5-3-2-4-6-13)22-18(19)23-10-9-21-17(15)23;3-2(4,5)1(6)7/h2-11H,1H3,(H2,19,22);(H,6,7). The molecular weight excluding hydrogens is 399 g/mol. The van der Waals surface area contributed by atoms with Crippen LogP contribution in [0, 0.1) is 6.92 Å². The van der Waals surface area contributed by atoms with Crippen LogP contribution in [0.5, 0.6) is 0 Å². The van der Waals surface area contributed by atoms with E-state index in [0.717, 1.165) is 33.7 Å². The zero-order chi connectivity index (χ0) is 21.9. The Kier molecular flexibility index (Phi) is 5.67. The summed E-state index contributed by atoms with van der Waals surface area (Å²) in [4.78, 5) is 22.3. The van der Waals surface area contributed by atoms with E-state index in [2.05, 4.69) is 15.0 Å². The normalized spacial score (nSPS) is 11.1. The first-order valence-corrected chi connectivity index (χ1v) is 8.59. The molecule has 0 atom stereocenters. The minimum Gasteiger partial charge on any atom is -0.475 e. The maximum absolute atomic E-state index is 10.6. The highest BCUT2D eigenvalue weighted by Crippen LogP contribution is 2.34. The Hall–Kier alpha value is -3.95. The van der Waals surface area contributed by atoms with Crippen molar-refractivity contribution in [3.05, 3.63) is 66.7 Å². The number of nitrogens with two attached hydrogens (primary N) is 1. The van der Waals surface area contributed by atoms with Gasteiger partial charge in [-0.2, -0.15) is 13.2 Å². The number of aryl methyl sites for hydroxylation is 1. The van der Waals surface area contributed by atoms with Gasteiger partial charge >= 0.3 is 12.1 Å². The highest BCUT2D eigenvalue weighted by Gasteiger charge is 2.38. The molecule has 3 aromatic heterocycles. The van der Waals surface area contributed by atoms with Gasteiger partial charge in [-0.3, -0.25) is 9.38 Å². The van der Waals surface area contributed by atoms with Crippen molar-refractivity contribution in [2.45, 2.75) is 13.1 Å². The van der Waals surface area contributed by atoms with Crippen LogP contribution < -0.4 is 5.73 Å². The Bertz CT molecular complexity index is 1190. The summed E-state index contributed by atoms with van der Waals surface area (Å²) in [5.74, 6) is -2.33. The number of aromatic nitrogens is 4. The van der Waals surface area contributed by atoms with E-state index in [1.54, 1.807) is 16.8 Å². The Balaban J connectivity index is 0.000000318. The molecule has 3 N–H and O–H groups in total. The molecule has 0 saturated heterocycles. The molecule has 0 aliphatic heterocycles. The Morgan fingerprint density at radius 3 is 2.33 bits per heavy atom. The molecule has 0 bridgehead atoms. The van der Waals surface area contributed by atoms with Gasteiger partial charge in [0.2, 0.25) is 5.95 Å². The van der Waals surface area contributed by atoms with Crippen molar-refractivity contribution in [3.63, 3.8) is 0 Å². The molecule has 0 aliphatic carbocycles. The molecule has 0 fully saturated rings. The lowest BCUT2D eigenvalue weighted by atomic mass is 10.0. The van der Waals surface area contributed by atoms with Gasteiger partial charge in [0.15, 0.2) is 0 Å². The predicted octanol–water partition coefficient (Wildman–Crippen LogP) is 3.98. The number of carboxylic acids is 1. The lowest BCUT2D eigenvalue weighted by Crippen LogP contribution is -2.21. The first-order valence-electron chi connectivity index (χ1n) is 8.59. The number of hydrogen-bond acceptors (Lipinski definition) is 5. The molecule has 3 heterocycles. The summed E-state index contributed by atoms with van der Waals surface area (Å²) in [6, 6.07) is 14.0. The number of pyridine rings is 1. The van der Waals surface area contributed by atoms with Gasteiger partial charge in [-0.15, -0.1) is 0 Å². The van der Waals surface area contributed by atoms with Gasteiger partial charge < -0.3 is 10.8 Å². The van der Waals surface area contributed by atoms with Crippen LogP contribution >= 0.6 is 0 Å². The number of carboxylic acid groups (broad SMARTS) is 1. The first-order chi connectivity index (χ1) is 14.2. The molecule has 10 heteroatoms. The number of benzene rings is 1. The molecule has 0 unspecified atom stereocenters. The fraction of sp³-hybridized carbons (Fsp3) is 0.100. The summed E-state index contributed by atoms with van der Waals surface area (Å²) in [6.45, 7) is 1.97. The van der Waals surface area contributed by atoms with Crippen LogP contribution in [0.4, 0.5) is 19.1 Å². The second-order valence-corrected chi connectivity index (χ2v) is 6.17. The van der Waals surface area contributed by atoms with Crippen LogP contribution in [-0.4, -0.2) is 36.6 Å². The smallest absolute Gasteiger partial charge is 0.475 e. The number of aliphatic carboxylic acids is 1. The summed E-state index contributed by atoms with van der Waals surface area (Å²) in [5, 5.41) is 7.12. The Labute approximate surface area is 168 Å². The van der Waals surface area contributed by atoms with Crippen LogP contribution in [0.2, 0.25) is 0 Å². The minimum absolute atomic E-state index is 0.422. The quantitative estimate of drug-likeness (QED) is 0.513. The van der Waals surface area contributed by atoms with E-state index < -0.39 is 12.1 Å². The predicted molar refractivity (Wildman–Crippen MR) is 104 cm³/mol. The van der Waals surface area contributed by atoms with E-state index >= 15 is 0 Å². The van der Waals surface area contributed by atoms with Gasteiger partial charge in [-0.05, 0) is 24.6 Å². The summed E-state index contributed by atoms with van der Waals surface area (Å²) in [5.41, 5.74) is 11.7. The van der Waals surface area contributed by atoms with Crippen LogP contribution in [-0.2, 0) is 4.79 Å². The largest absolute Gasteiger partial charge is 0.490 e. The molecule has 7 nitrogen and oxygen atoms in total. The average Bonchev–Trinajstić information content (AvgIpc) is 3.18. The van der Waals surface area contributed by atoms with E-state index in [1.807, 2.05) is 55.6 Å². The number of imidazole rings is 1. The fourth-order valence-electron chi connectivity index (χ4n) is 2.78. The SMILES string of the molecule is Cc1cc(-c2c(-c3ccccc3)nc(N)n3ccnc23)ccn1.O=C(O)C(F)(F)F. The van der Waals surface area contributed by atoms with Gasteiger partial charge in [0.25, 0.3) is 0 Å². The number of rotatable bonds is 2. The zero-order valence-corrected chi connectivity index (χ0v) is 15.6. The summed E-state index contributed by atoms with van der Waals surface area (Å²) < 4.78 is 33.5. The molecule has 4 rings (SSSR count). The molecule has 0 aliphatic rings. The number of nitrogen functional groups attached to an aromatic ring is 1. The van der Waals surface area contributed by atoms with Crippen molar-refractivity contribution in [2.24, 2.45) is 0 Å². The van der Waals surface area contributed by atoms with E-state index in [0.29, 0.717) is 5.95 Å². The van der Waals surface area contributed by atoms with Crippen LogP contribution in [0.25, 0.3) is 28.0 Å². The van der Waals surface area contributed by atoms with Crippen LogP contribution in [0.15, 0.2) is 61.1 Å². The molecule has 0 amide bonds. The number of alkyl halides is 3. The highest BCUT2D eigenvalue weighted by atomic mass is 19.4. The van der Waals surface area contributed by atoms with Gasteiger partial charge in [-0.1, -0.05) is 30.3 Å². The zero-order valence-electron chi connectivity index (χ0n) is 15.6. The Morgan fingerprint density at radius 1 is 1.07 bits per heavy atom. The van der Waals surface area contributed by atoms with Crippen molar-refractivity contribution in [1.82, 2.24) is 19.4 Å². The van der Waals surface area contributed by atoms with Crippen molar-refractivity contribution >= 4 is 17.6 Å². The van der Waals surface area contributed by atoms with Crippen molar-refractivity contribution in [2.75, 3.05) is 5.73 Å². The third kappa shape index (κ3) is 4.37.